The molecule has 1 aromatic carbocycles. The van der Waals surface area contributed by atoms with Crippen LogP contribution in [0.4, 0.5) is 5.69 Å². The van der Waals surface area contributed by atoms with E-state index in [1.54, 1.807) is 11.8 Å². The van der Waals surface area contributed by atoms with E-state index < -0.39 is 0 Å². The summed E-state index contributed by atoms with van der Waals surface area (Å²) < 4.78 is 0. The molecule has 2 heteroatoms. The summed E-state index contributed by atoms with van der Waals surface area (Å²) in [6.45, 7) is 9.98. The minimum atomic E-state index is 0.892. The fraction of sp³-hybridized carbons (Fsp3) is 0.294. The van der Waals surface area contributed by atoms with Gasteiger partial charge in [0.2, 0.25) is 0 Å². The predicted octanol–water partition coefficient (Wildman–Crippen LogP) is 5.07. The zero-order valence-corrected chi connectivity index (χ0v) is 12.9. The van der Waals surface area contributed by atoms with Gasteiger partial charge < -0.3 is 5.32 Å². The Morgan fingerprint density at radius 3 is 2.42 bits per heavy atom. The van der Waals surface area contributed by atoms with Gasteiger partial charge in [-0.2, -0.15) is 0 Å². The Labute approximate surface area is 121 Å². The lowest BCUT2D eigenvalue weighted by Gasteiger charge is -2.15. The largest absolute Gasteiger partial charge is 0.387 e. The molecule has 0 bridgehead atoms. The quantitative estimate of drug-likeness (QED) is 0.550. The van der Waals surface area contributed by atoms with Crippen LogP contribution in [0.25, 0.3) is 0 Å². The maximum absolute atomic E-state index is 3.94. The zero-order valence-electron chi connectivity index (χ0n) is 12.1. The molecule has 0 spiro atoms. The van der Waals surface area contributed by atoms with Crippen molar-refractivity contribution < 1.29 is 0 Å². The molecule has 0 heterocycles. The summed E-state index contributed by atoms with van der Waals surface area (Å²) in [6.07, 6.45) is 7.87. The molecule has 1 nitrogen and oxygen atoms in total. The van der Waals surface area contributed by atoms with Crippen molar-refractivity contribution in [2.24, 2.45) is 0 Å². The third-order valence-electron chi connectivity index (χ3n) is 3.25. The predicted molar refractivity (Wildman–Crippen MR) is 89.2 cm³/mol. The van der Waals surface area contributed by atoms with E-state index in [0.29, 0.717) is 0 Å². The van der Waals surface area contributed by atoms with Crippen LogP contribution in [0.1, 0.15) is 18.9 Å². The number of allylic oxidation sites excluding steroid dienone is 4. The van der Waals surface area contributed by atoms with E-state index in [9.17, 15) is 0 Å². The van der Waals surface area contributed by atoms with Crippen molar-refractivity contribution >= 4 is 17.4 Å². The minimum Gasteiger partial charge on any atom is -0.387 e. The van der Waals surface area contributed by atoms with Crippen molar-refractivity contribution in [3.8, 4) is 0 Å². The molecule has 0 aliphatic carbocycles. The molecule has 1 aromatic rings. The minimum absolute atomic E-state index is 0.892. The van der Waals surface area contributed by atoms with Crippen molar-refractivity contribution in [1.29, 1.82) is 0 Å². The summed E-state index contributed by atoms with van der Waals surface area (Å²) in [6, 6.07) is 6.43. The normalized spacial score (nSPS) is 11.7. The summed E-state index contributed by atoms with van der Waals surface area (Å²) in [5.41, 5.74) is 5.05. The van der Waals surface area contributed by atoms with E-state index in [0.717, 1.165) is 12.8 Å². The first-order chi connectivity index (χ1) is 9.21. The molecule has 1 rings (SSSR count). The average Bonchev–Trinajstić information content (AvgIpc) is 2.46. The number of hydrogen-bond acceptors (Lipinski definition) is 2. The Morgan fingerprint density at radius 1 is 1.26 bits per heavy atom. The molecule has 0 aromatic heterocycles. The van der Waals surface area contributed by atoms with Crippen molar-refractivity contribution in [3.05, 3.63) is 60.2 Å². The van der Waals surface area contributed by atoms with Crippen molar-refractivity contribution in [1.82, 2.24) is 0 Å². The molecule has 0 amide bonds. The molecule has 102 valence electrons. The van der Waals surface area contributed by atoms with Crippen molar-refractivity contribution in [3.63, 3.8) is 0 Å². The maximum Gasteiger partial charge on any atom is 0.0511 e. The van der Waals surface area contributed by atoms with Crippen molar-refractivity contribution in [2.45, 2.75) is 24.7 Å². The number of para-hydroxylation sites is 1. The van der Waals surface area contributed by atoms with Gasteiger partial charge in [-0.3, -0.25) is 0 Å². The molecule has 0 unspecified atom stereocenters. The average molecular weight is 273 g/mol. The molecule has 0 fully saturated rings. The van der Waals surface area contributed by atoms with Gasteiger partial charge in [-0.05, 0) is 41.9 Å². The number of hydrogen-bond donors (Lipinski definition) is 1. The zero-order chi connectivity index (χ0) is 14.3. The summed E-state index contributed by atoms with van der Waals surface area (Å²) in [5.74, 6) is 0. The van der Waals surface area contributed by atoms with E-state index >= 15 is 0 Å². The summed E-state index contributed by atoms with van der Waals surface area (Å²) in [4.78, 5) is 1.28. The highest BCUT2D eigenvalue weighted by atomic mass is 32.2. The third-order valence-corrected chi connectivity index (χ3v) is 4.03. The highest BCUT2D eigenvalue weighted by molar-refractivity contribution is 7.98. The monoisotopic (exact) mass is 273 g/mol. The number of rotatable bonds is 7. The molecule has 0 saturated carbocycles. The van der Waals surface area contributed by atoms with Gasteiger partial charge in [0.1, 0.15) is 0 Å². The number of thioether (sulfide) groups is 1. The van der Waals surface area contributed by atoms with Gasteiger partial charge in [-0.25, -0.2) is 0 Å². The third kappa shape index (κ3) is 3.77. The first kappa shape index (κ1) is 15.6. The van der Waals surface area contributed by atoms with E-state index in [-0.39, 0.29) is 0 Å². The van der Waals surface area contributed by atoms with Crippen molar-refractivity contribution in [2.75, 3.05) is 18.6 Å². The smallest absolute Gasteiger partial charge is 0.0511 e. The highest BCUT2D eigenvalue weighted by Crippen LogP contribution is 2.30. The Kier molecular flexibility index (Phi) is 6.51. The molecule has 0 saturated heterocycles. The van der Waals surface area contributed by atoms with Gasteiger partial charge in [0.25, 0.3) is 0 Å². The van der Waals surface area contributed by atoms with Crippen LogP contribution < -0.4 is 5.32 Å². The lowest BCUT2D eigenvalue weighted by Crippen LogP contribution is -2.00. The van der Waals surface area contributed by atoms with Gasteiger partial charge in [0.15, 0.2) is 0 Å². The van der Waals surface area contributed by atoms with Gasteiger partial charge in [0.05, 0.1) is 5.69 Å². The molecule has 0 atom stereocenters. The van der Waals surface area contributed by atoms with Crippen LogP contribution in [0.5, 0.6) is 0 Å². The van der Waals surface area contributed by atoms with E-state index in [2.05, 4.69) is 49.9 Å². The van der Waals surface area contributed by atoms with Gasteiger partial charge in [-0.1, -0.05) is 44.4 Å². The van der Waals surface area contributed by atoms with Gasteiger partial charge in [0, 0.05) is 11.9 Å². The first-order valence-corrected chi connectivity index (χ1v) is 7.74. The van der Waals surface area contributed by atoms with Crippen LogP contribution in [0.2, 0.25) is 0 Å². The highest BCUT2D eigenvalue weighted by Gasteiger charge is 2.08. The lowest BCUT2D eigenvalue weighted by atomic mass is 9.97. The first-order valence-electron chi connectivity index (χ1n) is 6.52. The molecule has 19 heavy (non-hydrogen) atoms. The second-order valence-corrected chi connectivity index (χ2v) is 5.08. The van der Waals surface area contributed by atoms with Crippen LogP contribution >= 0.6 is 11.8 Å². The number of nitrogens with one attached hydrogen (secondary N) is 1. The molecular formula is C17H23NS. The number of benzene rings is 1. The SMILES string of the molecule is C=C/C(CC)=C(\C=C)Cc1cccc(SC)c1NC. The lowest BCUT2D eigenvalue weighted by molar-refractivity contribution is 1.07. The summed E-state index contributed by atoms with van der Waals surface area (Å²) in [5, 5.41) is 3.32. The molecule has 0 radical (unpaired) electrons. The Hall–Kier alpha value is -1.41. The Bertz CT molecular complexity index is 486. The van der Waals surface area contributed by atoms with Crippen LogP contribution in [0.15, 0.2) is 59.6 Å². The molecule has 0 aliphatic rings. The van der Waals surface area contributed by atoms with Crippen LogP contribution in [0.3, 0.4) is 0 Å². The van der Waals surface area contributed by atoms with Crippen LogP contribution in [0, 0.1) is 0 Å². The van der Waals surface area contributed by atoms with Crippen LogP contribution in [-0.2, 0) is 6.42 Å². The fourth-order valence-corrected chi connectivity index (χ4v) is 2.85. The molecule has 0 aliphatic heterocycles. The Balaban J connectivity index is 3.21. The summed E-state index contributed by atoms with van der Waals surface area (Å²) in [7, 11) is 1.98. The number of anilines is 1. The second kappa shape index (κ2) is 7.90. The fourth-order valence-electron chi connectivity index (χ4n) is 2.20. The summed E-state index contributed by atoms with van der Waals surface area (Å²) >= 11 is 1.76. The van der Waals surface area contributed by atoms with E-state index in [1.165, 1.54) is 27.3 Å². The van der Waals surface area contributed by atoms with E-state index in [4.69, 9.17) is 0 Å². The second-order valence-electron chi connectivity index (χ2n) is 4.23. The maximum atomic E-state index is 3.94. The van der Waals surface area contributed by atoms with Gasteiger partial charge in [-0.15, -0.1) is 11.8 Å². The van der Waals surface area contributed by atoms with Crippen LogP contribution in [-0.4, -0.2) is 13.3 Å². The molecule has 1 N–H and O–H groups in total. The molecular weight excluding hydrogens is 250 g/mol. The standard InChI is InChI=1S/C17H23NS/c1-6-13(7-2)14(8-3)12-15-10-9-11-16(19-5)17(15)18-4/h6,8-11,18H,1,3,7,12H2,2,4-5H3/b14-13-. The Morgan fingerprint density at radius 2 is 1.95 bits per heavy atom. The van der Waals surface area contributed by atoms with Gasteiger partial charge >= 0.3 is 0 Å². The topological polar surface area (TPSA) is 12.0 Å². The van der Waals surface area contributed by atoms with E-state index in [1.807, 2.05) is 19.2 Å².